The van der Waals surface area contributed by atoms with Gasteiger partial charge in [-0.1, -0.05) is 30.3 Å². The van der Waals surface area contributed by atoms with Gasteiger partial charge in [0.25, 0.3) is 5.91 Å². The van der Waals surface area contributed by atoms with E-state index in [1.807, 2.05) is 36.4 Å². The second kappa shape index (κ2) is 8.41. The normalized spacial score (nSPS) is 11.8. The van der Waals surface area contributed by atoms with Gasteiger partial charge in [0.15, 0.2) is 5.76 Å². The van der Waals surface area contributed by atoms with Crippen LogP contribution in [0.25, 0.3) is 21.7 Å². The molecule has 1 N–H and O–H groups in total. The number of carbonyl (C=O) groups is 1. The largest absolute Gasteiger partial charge is 0.492 e. The van der Waals surface area contributed by atoms with E-state index >= 15 is 0 Å². The minimum absolute atomic E-state index is 0.190. The molecule has 0 radical (unpaired) electrons. The smallest absolute Gasteiger partial charge is 0.287 e. The van der Waals surface area contributed by atoms with Gasteiger partial charge in [0.1, 0.15) is 17.9 Å². The Bertz CT molecular complexity index is 1340. The first kappa shape index (κ1) is 20.9. The zero-order valence-electron chi connectivity index (χ0n) is 17.2. The predicted molar refractivity (Wildman–Crippen MR) is 119 cm³/mol. The number of sulfonamides is 1. The van der Waals surface area contributed by atoms with E-state index in [9.17, 15) is 13.2 Å². The number of benzene rings is 3. The lowest BCUT2D eigenvalue weighted by atomic mass is 10.1. The second-order valence-corrected chi connectivity index (χ2v) is 9.32. The van der Waals surface area contributed by atoms with Gasteiger partial charge in [-0.15, -0.1) is 0 Å². The molecule has 1 amide bonds. The van der Waals surface area contributed by atoms with E-state index in [0.29, 0.717) is 11.3 Å². The van der Waals surface area contributed by atoms with E-state index < -0.39 is 10.0 Å². The molecule has 1 heterocycles. The first-order chi connectivity index (χ1) is 14.9. The number of nitrogens with zero attached hydrogens (tertiary/aromatic N) is 1. The SMILES string of the molecule is CN(C)S(=O)(=O)c1ccc(OCCNC(=O)c2cc3c(ccc4ccccc43)o2)cc1. The van der Waals surface area contributed by atoms with Crippen LogP contribution in [0.15, 0.2) is 76.0 Å². The summed E-state index contributed by atoms with van der Waals surface area (Å²) in [6.07, 6.45) is 0. The van der Waals surface area contributed by atoms with Crippen molar-refractivity contribution in [3.63, 3.8) is 0 Å². The van der Waals surface area contributed by atoms with E-state index in [1.54, 1.807) is 18.2 Å². The number of amides is 1. The number of ether oxygens (including phenoxy) is 1. The molecule has 4 aromatic rings. The van der Waals surface area contributed by atoms with E-state index in [-0.39, 0.29) is 29.7 Å². The lowest BCUT2D eigenvalue weighted by Crippen LogP contribution is -2.27. The summed E-state index contributed by atoms with van der Waals surface area (Å²) in [4.78, 5) is 12.6. The number of carbonyl (C=O) groups excluding carboxylic acids is 1. The Morgan fingerprint density at radius 1 is 1.00 bits per heavy atom. The van der Waals surface area contributed by atoms with Crippen molar-refractivity contribution in [3.05, 3.63) is 72.5 Å². The van der Waals surface area contributed by atoms with E-state index in [1.165, 1.54) is 26.2 Å². The van der Waals surface area contributed by atoms with Crippen molar-refractivity contribution in [3.8, 4) is 5.75 Å². The van der Waals surface area contributed by atoms with Crippen molar-refractivity contribution in [2.75, 3.05) is 27.2 Å². The van der Waals surface area contributed by atoms with Crippen molar-refractivity contribution in [1.29, 1.82) is 0 Å². The summed E-state index contributed by atoms with van der Waals surface area (Å²) in [6, 6.07) is 19.7. The highest BCUT2D eigenvalue weighted by Crippen LogP contribution is 2.28. The number of hydrogen-bond donors (Lipinski definition) is 1. The summed E-state index contributed by atoms with van der Waals surface area (Å²) in [5.41, 5.74) is 0.660. The highest BCUT2D eigenvalue weighted by Gasteiger charge is 2.17. The fourth-order valence-electron chi connectivity index (χ4n) is 3.24. The Morgan fingerprint density at radius 2 is 1.74 bits per heavy atom. The third-order valence-electron chi connectivity index (χ3n) is 4.91. The molecule has 7 nitrogen and oxygen atoms in total. The first-order valence-corrected chi connectivity index (χ1v) is 11.1. The van der Waals surface area contributed by atoms with E-state index in [0.717, 1.165) is 20.5 Å². The molecule has 4 rings (SSSR count). The minimum atomic E-state index is -3.48. The topological polar surface area (TPSA) is 88.9 Å². The molecule has 8 heteroatoms. The van der Waals surface area contributed by atoms with Gasteiger partial charge >= 0.3 is 0 Å². The monoisotopic (exact) mass is 438 g/mol. The Balaban J connectivity index is 1.35. The van der Waals surface area contributed by atoms with Crippen LogP contribution >= 0.6 is 0 Å². The number of rotatable bonds is 7. The number of furan rings is 1. The third-order valence-corrected chi connectivity index (χ3v) is 6.74. The van der Waals surface area contributed by atoms with Gasteiger partial charge in [-0.3, -0.25) is 4.79 Å². The maximum Gasteiger partial charge on any atom is 0.287 e. The molecule has 0 aliphatic carbocycles. The Kier molecular flexibility index (Phi) is 5.67. The Morgan fingerprint density at radius 3 is 2.48 bits per heavy atom. The van der Waals surface area contributed by atoms with Crippen molar-refractivity contribution in [2.45, 2.75) is 4.90 Å². The summed E-state index contributed by atoms with van der Waals surface area (Å²) in [6.45, 7) is 0.503. The molecule has 0 bridgehead atoms. The molecule has 3 aromatic carbocycles. The Labute approximate surface area is 180 Å². The molecule has 1 aromatic heterocycles. The van der Waals surface area contributed by atoms with Crippen LogP contribution in [0.4, 0.5) is 0 Å². The van der Waals surface area contributed by atoms with E-state index in [2.05, 4.69) is 5.32 Å². The summed E-state index contributed by atoms with van der Waals surface area (Å²) >= 11 is 0. The van der Waals surface area contributed by atoms with Crippen LogP contribution in [0.5, 0.6) is 5.75 Å². The highest BCUT2D eigenvalue weighted by molar-refractivity contribution is 7.89. The molecule has 31 heavy (non-hydrogen) atoms. The van der Waals surface area contributed by atoms with Crippen molar-refractivity contribution < 1.29 is 22.4 Å². The van der Waals surface area contributed by atoms with Gasteiger partial charge < -0.3 is 14.5 Å². The molecular weight excluding hydrogens is 416 g/mol. The lowest BCUT2D eigenvalue weighted by Gasteiger charge is -2.12. The van der Waals surface area contributed by atoms with Gasteiger partial charge in [-0.25, -0.2) is 12.7 Å². The van der Waals surface area contributed by atoms with Gasteiger partial charge in [0.2, 0.25) is 10.0 Å². The van der Waals surface area contributed by atoms with Gasteiger partial charge in [-0.2, -0.15) is 0 Å². The average Bonchev–Trinajstić information content (AvgIpc) is 3.22. The number of nitrogens with one attached hydrogen (secondary N) is 1. The van der Waals surface area contributed by atoms with Gasteiger partial charge in [0.05, 0.1) is 11.4 Å². The zero-order valence-corrected chi connectivity index (χ0v) is 18.0. The molecule has 0 aliphatic heterocycles. The standard InChI is InChI=1S/C23H22N2O5S/c1-25(2)31(27,28)18-10-8-17(9-11-18)29-14-13-24-23(26)22-15-20-19-6-4-3-5-16(19)7-12-21(20)30-22/h3-12,15H,13-14H2,1-2H3,(H,24,26). The molecule has 0 aliphatic rings. The first-order valence-electron chi connectivity index (χ1n) is 9.71. The molecule has 160 valence electrons. The lowest BCUT2D eigenvalue weighted by molar-refractivity contribution is 0.0921. The van der Waals surface area contributed by atoms with Crippen LogP contribution in [-0.2, 0) is 10.0 Å². The van der Waals surface area contributed by atoms with Crippen LogP contribution < -0.4 is 10.1 Å². The summed E-state index contributed by atoms with van der Waals surface area (Å²) in [5, 5.41) is 5.78. The fraction of sp³-hybridized carbons (Fsp3) is 0.174. The summed E-state index contributed by atoms with van der Waals surface area (Å²) in [5.74, 6) is 0.433. The predicted octanol–water partition coefficient (Wildman–Crippen LogP) is 3.65. The second-order valence-electron chi connectivity index (χ2n) is 7.17. The van der Waals surface area contributed by atoms with Crippen LogP contribution in [0.2, 0.25) is 0 Å². The van der Waals surface area contributed by atoms with Gasteiger partial charge in [-0.05, 0) is 47.2 Å². The Hall–Kier alpha value is -3.36. The maximum absolute atomic E-state index is 12.4. The van der Waals surface area contributed by atoms with Gasteiger partial charge in [0, 0.05) is 19.5 Å². The summed E-state index contributed by atoms with van der Waals surface area (Å²) < 4.78 is 36.6. The number of hydrogen-bond acceptors (Lipinski definition) is 5. The molecular formula is C23H22N2O5S. The molecule has 0 saturated carbocycles. The minimum Gasteiger partial charge on any atom is -0.492 e. The van der Waals surface area contributed by atoms with Crippen LogP contribution in [0.1, 0.15) is 10.6 Å². The quantitative estimate of drug-likeness (QED) is 0.445. The number of fused-ring (bicyclic) bond motifs is 3. The highest BCUT2D eigenvalue weighted by atomic mass is 32.2. The third kappa shape index (κ3) is 4.26. The molecule has 0 unspecified atom stereocenters. The average molecular weight is 439 g/mol. The fourth-order valence-corrected chi connectivity index (χ4v) is 4.15. The van der Waals surface area contributed by atoms with Crippen molar-refractivity contribution >= 4 is 37.7 Å². The van der Waals surface area contributed by atoms with Crippen molar-refractivity contribution in [2.24, 2.45) is 0 Å². The van der Waals surface area contributed by atoms with Crippen LogP contribution in [-0.4, -0.2) is 45.9 Å². The van der Waals surface area contributed by atoms with E-state index in [4.69, 9.17) is 9.15 Å². The molecule has 0 saturated heterocycles. The zero-order chi connectivity index (χ0) is 22.0. The molecule has 0 atom stereocenters. The maximum atomic E-state index is 12.4. The van der Waals surface area contributed by atoms with Crippen LogP contribution in [0.3, 0.4) is 0 Å². The molecule has 0 fully saturated rings. The summed E-state index contributed by atoms with van der Waals surface area (Å²) in [7, 11) is -0.517. The van der Waals surface area contributed by atoms with Crippen LogP contribution in [0, 0.1) is 0 Å². The van der Waals surface area contributed by atoms with Crippen molar-refractivity contribution in [1.82, 2.24) is 9.62 Å². The molecule has 0 spiro atoms.